The Hall–Kier alpha value is -1.44. The molecule has 0 amide bonds. The van der Waals surface area contributed by atoms with Gasteiger partial charge in [-0.3, -0.25) is 0 Å². The van der Waals surface area contributed by atoms with Crippen molar-refractivity contribution in [2.75, 3.05) is 39.6 Å². The molecule has 3 nitrogen and oxygen atoms in total. The molecule has 0 aromatic rings. The predicted octanol–water partition coefficient (Wildman–Crippen LogP) is 3.67. The second-order valence-corrected chi connectivity index (χ2v) is 6.11. The minimum Gasteiger partial charge on any atom is -0.368 e. The SMILES string of the molecule is C#CCOCC(CCCCCCCC)(COCC#C)COCC#C. The zero-order valence-corrected chi connectivity index (χ0v) is 15.1. The summed E-state index contributed by atoms with van der Waals surface area (Å²) in [4.78, 5) is 0. The molecule has 3 heteroatoms. The smallest absolute Gasteiger partial charge is 0.107 e. The molecule has 0 unspecified atom stereocenters. The first-order chi connectivity index (χ1) is 11.7. The highest BCUT2D eigenvalue weighted by atomic mass is 16.5. The van der Waals surface area contributed by atoms with Gasteiger partial charge >= 0.3 is 0 Å². The largest absolute Gasteiger partial charge is 0.368 e. The maximum Gasteiger partial charge on any atom is 0.107 e. The summed E-state index contributed by atoms with van der Waals surface area (Å²) in [6, 6.07) is 0. The number of ether oxygens (including phenoxy) is 3. The van der Waals surface area contributed by atoms with Gasteiger partial charge in [-0.25, -0.2) is 0 Å². The van der Waals surface area contributed by atoms with Gasteiger partial charge in [0.15, 0.2) is 0 Å². The summed E-state index contributed by atoms with van der Waals surface area (Å²) in [6.45, 7) is 4.52. The first kappa shape index (κ1) is 22.6. The summed E-state index contributed by atoms with van der Waals surface area (Å²) in [6.07, 6.45) is 24.2. The van der Waals surface area contributed by atoms with Crippen LogP contribution in [0.3, 0.4) is 0 Å². The zero-order chi connectivity index (χ0) is 17.9. The molecule has 0 aliphatic rings. The van der Waals surface area contributed by atoms with Gasteiger partial charge in [-0.1, -0.05) is 63.2 Å². The highest BCUT2D eigenvalue weighted by Gasteiger charge is 2.31. The lowest BCUT2D eigenvalue weighted by molar-refractivity contribution is -0.0601. The van der Waals surface area contributed by atoms with Crippen molar-refractivity contribution < 1.29 is 14.2 Å². The molecule has 0 radical (unpaired) electrons. The molecule has 0 fully saturated rings. The van der Waals surface area contributed by atoms with E-state index in [0.29, 0.717) is 19.8 Å². The minimum atomic E-state index is -0.255. The van der Waals surface area contributed by atoms with Gasteiger partial charge in [-0.15, -0.1) is 19.3 Å². The Morgan fingerprint density at radius 3 is 1.50 bits per heavy atom. The number of terminal acetylenes is 3. The maximum absolute atomic E-state index is 5.61. The third-order valence-corrected chi connectivity index (χ3v) is 3.84. The molecule has 0 saturated heterocycles. The van der Waals surface area contributed by atoms with Crippen LogP contribution in [0.2, 0.25) is 0 Å². The van der Waals surface area contributed by atoms with Crippen molar-refractivity contribution in [2.45, 2.75) is 51.9 Å². The Morgan fingerprint density at radius 2 is 1.08 bits per heavy atom. The first-order valence-electron chi connectivity index (χ1n) is 8.78. The highest BCUT2D eigenvalue weighted by molar-refractivity contribution is 4.88. The van der Waals surface area contributed by atoms with Crippen LogP contribution in [0.1, 0.15) is 51.9 Å². The summed E-state index contributed by atoms with van der Waals surface area (Å²) in [7, 11) is 0. The topological polar surface area (TPSA) is 27.7 Å². The zero-order valence-electron chi connectivity index (χ0n) is 15.1. The molecule has 0 N–H and O–H groups in total. The maximum atomic E-state index is 5.61. The van der Waals surface area contributed by atoms with E-state index in [4.69, 9.17) is 33.5 Å². The van der Waals surface area contributed by atoms with E-state index in [1.807, 2.05) is 0 Å². The fraction of sp³-hybridized carbons (Fsp3) is 0.714. The van der Waals surface area contributed by atoms with Gasteiger partial charge in [0.25, 0.3) is 0 Å². The van der Waals surface area contributed by atoms with Crippen LogP contribution in [0.5, 0.6) is 0 Å². The normalized spacial score (nSPS) is 10.8. The molecule has 24 heavy (non-hydrogen) atoms. The molecule has 134 valence electrons. The van der Waals surface area contributed by atoms with Crippen LogP contribution in [0, 0.1) is 42.4 Å². The molecule has 0 saturated carbocycles. The second kappa shape index (κ2) is 16.4. The minimum absolute atomic E-state index is 0.255. The summed E-state index contributed by atoms with van der Waals surface area (Å²) < 4.78 is 16.8. The average molecular weight is 332 g/mol. The van der Waals surface area contributed by atoms with Crippen LogP contribution in [0.15, 0.2) is 0 Å². The average Bonchev–Trinajstić information content (AvgIpc) is 2.58. The lowest BCUT2D eigenvalue weighted by atomic mass is 9.84. The van der Waals surface area contributed by atoms with E-state index < -0.39 is 0 Å². The van der Waals surface area contributed by atoms with Crippen molar-refractivity contribution in [1.29, 1.82) is 0 Å². The third kappa shape index (κ3) is 12.0. The molecular formula is C21H32O3. The van der Waals surface area contributed by atoms with Crippen molar-refractivity contribution in [3.05, 3.63) is 0 Å². The molecule has 0 aliphatic heterocycles. The Balaban J connectivity index is 4.58. The lowest BCUT2D eigenvalue weighted by Crippen LogP contribution is -2.37. The first-order valence-corrected chi connectivity index (χ1v) is 8.78. The molecule has 0 aromatic heterocycles. The van der Waals surface area contributed by atoms with Crippen LogP contribution in [-0.4, -0.2) is 39.6 Å². The number of hydrogen-bond donors (Lipinski definition) is 0. The van der Waals surface area contributed by atoms with Gasteiger partial charge in [0.05, 0.1) is 19.8 Å². The monoisotopic (exact) mass is 332 g/mol. The quantitative estimate of drug-likeness (QED) is 0.319. The Kier molecular flexibility index (Phi) is 15.4. The summed E-state index contributed by atoms with van der Waals surface area (Å²) in [5, 5.41) is 0. The molecule has 0 rings (SSSR count). The van der Waals surface area contributed by atoms with E-state index in [9.17, 15) is 0 Å². The van der Waals surface area contributed by atoms with Crippen LogP contribution < -0.4 is 0 Å². The molecule has 0 bridgehead atoms. The van der Waals surface area contributed by atoms with E-state index in [1.165, 1.54) is 32.1 Å². The standard InChI is InChI=1S/C21H32O3/c1-5-9-10-11-12-13-14-21(18-22-15-6-2,19-23-16-7-3)20-24-17-8-4/h2-4H,5,9-20H2,1H3. The number of rotatable bonds is 16. The molecule has 0 aromatic carbocycles. The van der Waals surface area contributed by atoms with Gasteiger partial charge in [0.2, 0.25) is 0 Å². The highest BCUT2D eigenvalue weighted by Crippen LogP contribution is 2.28. The van der Waals surface area contributed by atoms with E-state index in [2.05, 4.69) is 24.7 Å². The van der Waals surface area contributed by atoms with Crippen LogP contribution in [-0.2, 0) is 14.2 Å². The van der Waals surface area contributed by atoms with Gasteiger partial charge in [0.1, 0.15) is 19.8 Å². The van der Waals surface area contributed by atoms with E-state index >= 15 is 0 Å². The molecule has 0 aliphatic carbocycles. The van der Waals surface area contributed by atoms with Crippen LogP contribution in [0.25, 0.3) is 0 Å². The molecule has 0 heterocycles. The number of hydrogen-bond acceptors (Lipinski definition) is 3. The van der Waals surface area contributed by atoms with E-state index in [0.717, 1.165) is 12.8 Å². The van der Waals surface area contributed by atoms with Gasteiger partial charge in [0, 0.05) is 5.41 Å². The second-order valence-electron chi connectivity index (χ2n) is 6.11. The van der Waals surface area contributed by atoms with Crippen molar-refractivity contribution in [2.24, 2.45) is 5.41 Å². The van der Waals surface area contributed by atoms with Crippen molar-refractivity contribution >= 4 is 0 Å². The summed E-state index contributed by atoms with van der Waals surface area (Å²) in [5.74, 6) is 7.49. The fourth-order valence-corrected chi connectivity index (χ4v) is 2.60. The van der Waals surface area contributed by atoms with Crippen molar-refractivity contribution in [3.8, 4) is 37.0 Å². The third-order valence-electron chi connectivity index (χ3n) is 3.84. The van der Waals surface area contributed by atoms with Gasteiger partial charge in [-0.05, 0) is 6.42 Å². The lowest BCUT2D eigenvalue weighted by Gasteiger charge is -2.32. The Labute approximate surface area is 148 Å². The summed E-state index contributed by atoms with van der Waals surface area (Å²) >= 11 is 0. The number of unbranched alkanes of at least 4 members (excludes halogenated alkanes) is 5. The Bertz CT molecular complexity index is 358. The molecular weight excluding hydrogens is 300 g/mol. The van der Waals surface area contributed by atoms with Gasteiger partial charge in [-0.2, -0.15) is 0 Å². The predicted molar refractivity (Wildman–Crippen MR) is 99.4 cm³/mol. The van der Waals surface area contributed by atoms with E-state index in [1.54, 1.807) is 0 Å². The van der Waals surface area contributed by atoms with Crippen LogP contribution in [0.4, 0.5) is 0 Å². The van der Waals surface area contributed by atoms with Gasteiger partial charge < -0.3 is 14.2 Å². The molecule has 0 spiro atoms. The fourth-order valence-electron chi connectivity index (χ4n) is 2.60. The van der Waals surface area contributed by atoms with E-state index in [-0.39, 0.29) is 25.2 Å². The van der Waals surface area contributed by atoms with Crippen molar-refractivity contribution in [3.63, 3.8) is 0 Å². The van der Waals surface area contributed by atoms with Crippen molar-refractivity contribution in [1.82, 2.24) is 0 Å². The summed E-state index contributed by atoms with van der Waals surface area (Å²) in [5.41, 5.74) is -0.255. The molecule has 0 atom stereocenters. The Morgan fingerprint density at radius 1 is 0.667 bits per heavy atom. The van der Waals surface area contributed by atoms with Crippen LogP contribution >= 0.6 is 0 Å².